The van der Waals surface area contributed by atoms with Crippen LogP contribution in [0.2, 0.25) is 0 Å². The van der Waals surface area contributed by atoms with E-state index in [1.54, 1.807) is 7.11 Å². The minimum Gasteiger partial charge on any atom is -0.497 e. The molecular weight excluding hydrogens is 240 g/mol. The van der Waals surface area contributed by atoms with Gasteiger partial charge in [-0.15, -0.1) is 0 Å². The molecule has 0 radical (unpaired) electrons. The Morgan fingerprint density at radius 1 is 1.11 bits per heavy atom. The lowest BCUT2D eigenvalue weighted by molar-refractivity contribution is -0.145. The van der Waals surface area contributed by atoms with E-state index in [2.05, 4.69) is 19.1 Å². The minimum atomic E-state index is -0.114. The van der Waals surface area contributed by atoms with Crippen molar-refractivity contribution in [2.24, 2.45) is 5.92 Å². The van der Waals surface area contributed by atoms with Crippen molar-refractivity contribution in [1.82, 2.24) is 0 Å². The molecule has 3 heteroatoms. The van der Waals surface area contributed by atoms with Crippen molar-refractivity contribution in [3.05, 3.63) is 29.8 Å². The van der Waals surface area contributed by atoms with Gasteiger partial charge in [0.25, 0.3) is 0 Å². The zero-order valence-electron chi connectivity index (χ0n) is 12.3. The third-order valence-electron chi connectivity index (χ3n) is 3.56. The highest BCUT2D eigenvalue weighted by molar-refractivity contribution is 5.71. The molecule has 0 saturated heterocycles. The molecule has 0 aliphatic rings. The maximum absolute atomic E-state index is 11.3. The molecule has 0 N–H and O–H groups in total. The van der Waals surface area contributed by atoms with E-state index >= 15 is 0 Å². The summed E-state index contributed by atoms with van der Waals surface area (Å²) in [5.41, 5.74) is 1.31. The first-order chi connectivity index (χ1) is 9.08. The second kappa shape index (κ2) is 7.82. The molecule has 19 heavy (non-hydrogen) atoms. The van der Waals surface area contributed by atoms with Crippen molar-refractivity contribution in [2.75, 3.05) is 14.2 Å². The molecule has 1 aromatic carbocycles. The summed E-state index contributed by atoms with van der Waals surface area (Å²) in [5.74, 6) is 1.26. The maximum Gasteiger partial charge on any atom is 0.308 e. The molecule has 1 rings (SSSR count). The van der Waals surface area contributed by atoms with Crippen molar-refractivity contribution in [2.45, 2.75) is 39.0 Å². The standard InChI is InChI=1S/C16H24O3/c1-12(6-5-7-13(2)16(17)19-4)14-8-10-15(18-3)11-9-14/h8-13H,5-7H2,1-4H3/t12?,13-/m1/s1. The third kappa shape index (κ3) is 4.93. The zero-order chi connectivity index (χ0) is 14.3. The topological polar surface area (TPSA) is 35.5 Å². The number of ether oxygens (including phenoxy) is 2. The molecular formula is C16H24O3. The van der Waals surface area contributed by atoms with E-state index in [9.17, 15) is 4.79 Å². The number of hydrogen-bond acceptors (Lipinski definition) is 3. The van der Waals surface area contributed by atoms with Crippen molar-refractivity contribution in [3.63, 3.8) is 0 Å². The minimum absolute atomic E-state index is 0.00642. The number of esters is 1. The molecule has 2 atom stereocenters. The lowest BCUT2D eigenvalue weighted by atomic mass is 9.93. The zero-order valence-corrected chi connectivity index (χ0v) is 12.3. The summed E-state index contributed by atoms with van der Waals surface area (Å²) in [4.78, 5) is 11.3. The Kier molecular flexibility index (Phi) is 6.40. The largest absolute Gasteiger partial charge is 0.497 e. The highest BCUT2D eigenvalue weighted by atomic mass is 16.5. The molecule has 0 amide bonds. The van der Waals surface area contributed by atoms with Crippen LogP contribution in [-0.2, 0) is 9.53 Å². The molecule has 0 spiro atoms. The Labute approximate surface area is 115 Å². The smallest absolute Gasteiger partial charge is 0.308 e. The Morgan fingerprint density at radius 3 is 2.26 bits per heavy atom. The molecule has 106 valence electrons. The van der Waals surface area contributed by atoms with E-state index < -0.39 is 0 Å². The Bertz CT molecular complexity index is 383. The molecule has 0 bridgehead atoms. The van der Waals surface area contributed by atoms with Gasteiger partial charge in [-0.3, -0.25) is 4.79 Å². The van der Waals surface area contributed by atoms with Gasteiger partial charge in [0.15, 0.2) is 0 Å². The summed E-state index contributed by atoms with van der Waals surface area (Å²) in [6.45, 7) is 4.13. The number of methoxy groups -OCH3 is 2. The van der Waals surface area contributed by atoms with E-state index in [4.69, 9.17) is 9.47 Å². The third-order valence-corrected chi connectivity index (χ3v) is 3.56. The molecule has 0 heterocycles. The lowest BCUT2D eigenvalue weighted by Gasteiger charge is -2.14. The summed E-state index contributed by atoms with van der Waals surface area (Å²) >= 11 is 0. The monoisotopic (exact) mass is 264 g/mol. The van der Waals surface area contributed by atoms with Gasteiger partial charge in [0, 0.05) is 0 Å². The van der Waals surface area contributed by atoms with Gasteiger partial charge in [0.2, 0.25) is 0 Å². The van der Waals surface area contributed by atoms with Crippen LogP contribution in [0.25, 0.3) is 0 Å². The maximum atomic E-state index is 11.3. The van der Waals surface area contributed by atoms with Gasteiger partial charge in [-0.2, -0.15) is 0 Å². The molecule has 0 aromatic heterocycles. The van der Waals surface area contributed by atoms with Crippen molar-refractivity contribution in [1.29, 1.82) is 0 Å². The first-order valence-corrected chi connectivity index (χ1v) is 6.80. The first kappa shape index (κ1) is 15.5. The number of carbonyl (C=O) groups is 1. The van der Waals surface area contributed by atoms with Gasteiger partial charge in [-0.1, -0.05) is 32.4 Å². The molecule has 0 saturated carbocycles. The van der Waals surface area contributed by atoms with Crippen LogP contribution in [0, 0.1) is 5.92 Å². The average Bonchev–Trinajstić information content (AvgIpc) is 2.46. The van der Waals surface area contributed by atoms with Gasteiger partial charge < -0.3 is 9.47 Å². The van der Waals surface area contributed by atoms with Crippen LogP contribution in [0.5, 0.6) is 5.75 Å². The highest BCUT2D eigenvalue weighted by Gasteiger charge is 2.13. The summed E-state index contributed by atoms with van der Waals surface area (Å²) in [7, 11) is 3.12. The van der Waals surface area contributed by atoms with Crippen LogP contribution >= 0.6 is 0 Å². The molecule has 0 fully saturated rings. The Morgan fingerprint density at radius 2 is 1.74 bits per heavy atom. The van der Waals surface area contributed by atoms with E-state index in [1.165, 1.54) is 12.7 Å². The average molecular weight is 264 g/mol. The Balaban J connectivity index is 2.38. The second-order valence-electron chi connectivity index (χ2n) is 5.03. The predicted molar refractivity (Wildman–Crippen MR) is 76.4 cm³/mol. The van der Waals surface area contributed by atoms with Crippen LogP contribution in [0.4, 0.5) is 0 Å². The molecule has 0 aliphatic carbocycles. The van der Waals surface area contributed by atoms with Crippen LogP contribution in [-0.4, -0.2) is 20.2 Å². The van der Waals surface area contributed by atoms with Gasteiger partial charge in [-0.05, 0) is 36.5 Å². The lowest BCUT2D eigenvalue weighted by Crippen LogP contribution is -2.12. The predicted octanol–water partition coefficient (Wildman–Crippen LogP) is 3.78. The van der Waals surface area contributed by atoms with Crippen molar-refractivity contribution in [3.8, 4) is 5.75 Å². The van der Waals surface area contributed by atoms with Crippen LogP contribution in [0.3, 0.4) is 0 Å². The second-order valence-corrected chi connectivity index (χ2v) is 5.03. The SMILES string of the molecule is COC(=O)[C@H](C)CCCC(C)c1ccc(OC)cc1. The van der Waals surface area contributed by atoms with E-state index in [0.29, 0.717) is 5.92 Å². The summed E-state index contributed by atoms with van der Waals surface area (Å²) in [6, 6.07) is 8.19. The van der Waals surface area contributed by atoms with Crippen LogP contribution < -0.4 is 4.74 Å². The fourth-order valence-electron chi connectivity index (χ4n) is 2.15. The highest BCUT2D eigenvalue weighted by Crippen LogP contribution is 2.24. The molecule has 1 unspecified atom stereocenters. The molecule has 3 nitrogen and oxygen atoms in total. The van der Waals surface area contributed by atoms with E-state index in [1.807, 2.05) is 19.1 Å². The number of rotatable bonds is 7. The van der Waals surface area contributed by atoms with Crippen LogP contribution in [0.15, 0.2) is 24.3 Å². The summed E-state index contributed by atoms with van der Waals surface area (Å²) in [6.07, 6.45) is 2.99. The van der Waals surface area contributed by atoms with Gasteiger partial charge >= 0.3 is 5.97 Å². The van der Waals surface area contributed by atoms with Gasteiger partial charge in [-0.25, -0.2) is 0 Å². The fourth-order valence-corrected chi connectivity index (χ4v) is 2.15. The number of benzene rings is 1. The molecule has 0 aliphatic heterocycles. The fraction of sp³-hybridized carbons (Fsp3) is 0.562. The Hall–Kier alpha value is -1.51. The molecule has 1 aromatic rings. The van der Waals surface area contributed by atoms with Crippen LogP contribution in [0.1, 0.15) is 44.6 Å². The summed E-state index contributed by atoms with van der Waals surface area (Å²) in [5, 5.41) is 0. The van der Waals surface area contributed by atoms with Gasteiger partial charge in [0.05, 0.1) is 20.1 Å². The van der Waals surface area contributed by atoms with E-state index in [-0.39, 0.29) is 11.9 Å². The van der Waals surface area contributed by atoms with Gasteiger partial charge in [0.1, 0.15) is 5.75 Å². The number of carbonyl (C=O) groups excluding carboxylic acids is 1. The normalized spacial score (nSPS) is 13.7. The van der Waals surface area contributed by atoms with E-state index in [0.717, 1.165) is 25.0 Å². The van der Waals surface area contributed by atoms with Crippen molar-refractivity contribution < 1.29 is 14.3 Å². The quantitative estimate of drug-likeness (QED) is 0.703. The summed E-state index contributed by atoms with van der Waals surface area (Å²) < 4.78 is 9.88. The van der Waals surface area contributed by atoms with Crippen molar-refractivity contribution >= 4 is 5.97 Å². The first-order valence-electron chi connectivity index (χ1n) is 6.80. The number of hydrogen-bond donors (Lipinski definition) is 0.